The average Bonchev–Trinajstić information content (AvgIpc) is 3.10. The van der Waals surface area contributed by atoms with Crippen LogP contribution in [0.5, 0.6) is 0 Å². The van der Waals surface area contributed by atoms with E-state index < -0.39 is 0 Å². The number of nitrogens with zero attached hydrogens (tertiary/aromatic N) is 6. The van der Waals surface area contributed by atoms with E-state index in [1.807, 2.05) is 38.4 Å². The fourth-order valence-electron chi connectivity index (χ4n) is 3.72. The SMILES string of the molecule is Cc1cc(C)nc(N2CCC[C@@H](c3nccn3Cc3cccnc3)C2)n1. The number of hydrogen-bond acceptors (Lipinski definition) is 5. The minimum Gasteiger partial charge on any atom is -0.340 e. The van der Waals surface area contributed by atoms with E-state index in [1.54, 1.807) is 6.20 Å². The van der Waals surface area contributed by atoms with Crippen LogP contribution in [0.25, 0.3) is 0 Å². The highest BCUT2D eigenvalue weighted by atomic mass is 15.3. The number of pyridine rings is 1. The lowest BCUT2D eigenvalue weighted by Gasteiger charge is -2.33. The third kappa shape index (κ3) is 3.59. The van der Waals surface area contributed by atoms with E-state index in [9.17, 15) is 0 Å². The molecule has 0 N–H and O–H groups in total. The molecule has 134 valence electrons. The molecule has 0 unspecified atom stereocenters. The van der Waals surface area contributed by atoms with Gasteiger partial charge in [-0.15, -0.1) is 0 Å². The first kappa shape index (κ1) is 16.7. The molecule has 3 aromatic heterocycles. The predicted molar refractivity (Wildman–Crippen MR) is 101 cm³/mol. The van der Waals surface area contributed by atoms with Gasteiger partial charge in [0.25, 0.3) is 0 Å². The molecule has 4 rings (SSSR count). The van der Waals surface area contributed by atoms with Gasteiger partial charge in [0, 0.05) is 55.2 Å². The maximum atomic E-state index is 4.67. The second-order valence-corrected chi connectivity index (χ2v) is 7.01. The molecule has 0 amide bonds. The molecular formula is C20H24N6. The number of imidazole rings is 1. The van der Waals surface area contributed by atoms with E-state index in [-0.39, 0.29) is 0 Å². The van der Waals surface area contributed by atoms with Gasteiger partial charge < -0.3 is 9.47 Å². The van der Waals surface area contributed by atoms with E-state index in [4.69, 9.17) is 0 Å². The molecule has 6 heteroatoms. The van der Waals surface area contributed by atoms with Crippen LogP contribution < -0.4 is 4.90 Å². The summed E-state index contributed by atoms with van der Waals surface area (Å²) in [6, 6.07) is 6.10. The molecule has 0 bridgehead atoms. The zero-order valence-electron chi connectivity index (χ0n) is 15.3. The fourth-order valence-corrected chi connectivity index (χ4v) is 3.72. The van der Waals surface area contributed by atoms with Gasteiger partial charge in [-0.05, 0) is 44.4 Å². The van der Waals surface area contributed by atoms with E-state index in [0.717, 1.165) is 55.6 Å². The summed E-state index contributed by atoms with van der Waals surface area (Å²) in [6.45, 7) is 6.77. The first-order valence-corrected chi connectivity index (χ1v) is 9.16. The maximum Gasteiger partial charge on any atom is 0.225 e. The molecule has 1 aliphatic heterocycles. The smallest absolute Gasteiger partial charge is 0.225 e. The molecule has 0 saturated carbocycles. The third-order valence-corrected chi connectivity index (χ3v) is 4.86. The standard InChI is InChI=1S/C20H24N6/c1-15-11-16(2)24-20(23-15)26-9-4-6-18(14-26)19-22-8-10-25(19)13-17-5-3-7-21-12-17/h3,5,7-8,10-12,18H,4,6,9,13-14H2,1-2H3/t18-/m1/s1. The maximum absolute atomic E-state index is 4.67. The van der Waals surface area contributed by atoms with Gasteiger partial charge in [0.1, 0.15) is 5.82 Å². The number of rotatable bonds is 4. The molecule has 0 spiro atoms. The predicted octanol–water partition coefficient (Wildman–Crippen LogP) is 3.12. The molecule has 4 heterocycles. The van der Waals surface area contributed by atoms with Crippen LogP contribution in [0, 0.1) is 13.8 Å². The Bertz CT molecular complexity index is 853. The minimum atomic E-state index is 0.389. The third-order valence-electron chi connectivity index (χ3n) is 4.86. The summed E-state index contributed by atoms with van der Waals surface area (Å²) in [4.78, 5) is 20.5. The molecular weight excluding hydrogens is 324 g/mol. The Morgan fingerprint density at radius 1 is 1.15 bits per heavy atom. The van der Waals surface area contributed by atoms with E-state index in [1.165, 1.54) is 5.56 Å². The lowest BCUT2D eigenvalue weighted by molar-refractivity contribution is 0.471. The summed E-state index contributed by atoms with van der Waals surface area (Å²) in [5.41, 5.74) is 3.23. The van der Waals surface area contributed by atoms with Gasteiger partial charge in [-0.25, -0.2) is 15.0 Å². The second kappa shape index (κ2) is 7.23. The largest absolute Gasteiger partial charge is 0.340 e. The van der Waals surface area contributed by atoms with Crippen molar-refractivity contribution in [3.05, 3.63) is 65.8 Å². The van der Waals surface area contributed by atoms with Crippen LogP contribution in [0.4, 0.5) is 5.95 Å². The molecule has 1 aliphatic rings. The van der Waals surface area contributed by atoms with Gasteiger partial charge in [-0.3, -0.25) is 4.98 Å². The lowest BCUT2D eigenvalue weighted by Crippen LogP contribution is -2.36. The second-order valence-electron chi connectivity index (χ2n) is 7.01. The highest BCUT2D eigenvalue weighted by Gasteiger charge is 2.26. The van der Waals surface area contributed by atoms with Crippen molar-refractivity contribution in [2.24, 2.45) is 0 Å². The van der Waals surface area contributed by atoms with Crippen LogP contribution in [0.3, 0.4) is 0 Å². The number of piperidine rings is 1. The van der Waals surface area contributed by atoms with Crippen molar-refractivity contribution in [2.75, 3.05) is 18.0 Å². The molecule has 0 aromatic carbocycles. The Hall–Kier alpha value is -2.76. The summed E-state index contributed by atoms with van der Waals surface area (Å²) in [7, 11) is 0. The summed E-state index contributed by atoms with van der Waals surface area (Å²) >= 11 is 0. The molecule has 1 saturated heterocycles. The highest BCUT2D eigenvalue weighted by molar-refractivity contribution is 5.34. The highest BCUT2D eigenvalue weighted by Crippen LogP contribution is 2.28. The van der Waals surface area contributed by atoms with Gasteiger partial charge in [-0.1, -0.05) is 6.07 Å². The van der Waals surface area contributed by atoms with Gasteiger partial charge in [0.15, 0.2) is 0 Å². The number of aryl methyl sites for hydroxylation is 2. The van der Waals surface area contributed by atoms with Crippen molar-refractivity contribution >= 4 is 5.95 Å². The van der Waals surface area contributed by atoms with Crippen LogP contribution in [-0.2, 0) is 6.54 Å². The first-order valence-electron chi connectivity index (χ1n) is 9.16. The van der Waals surface area contributed by atoms with Crippen molar-refractivity contribution < 1.29 is 0 Å². The van der Waals surface area contributed by atoms with Crippen LogP contribution in [0.1, 0.15) is 41.5 Å². The van der Waals surface area contributed by atoms with E-state index >= 15 is 0 Å². The van der Waals surface area contributed by atoms with E-state index in [0.29, 0.717) is 5.92 Å². The number of aromatic nitrogens is 5. The molecule has 0 radical (unpaired) electrons. The van der Waals surface area contributed by atoms with Crippen molar-refractivity contribution in [3.63, 3.8) is 0 Å². The normalized spacial score (nSPS) is 17.5. The summed E-state index contributed by atoms with van der Waals surface area (Å²) in [5.74, 6) is 2.38. The van der Waals surface area contributed by atoms with Crippen molar-refractivity contribution in [3.8, 4) is 0 Å². The van der Waals surface area contributed by atoms with Gasteiger partial charge in [-0.2, -0.15) is 0 Å². The van der Waals surface area contributed by atoms with Crippen LogP contribution >= 0.6 is 0 Å². The van der Waals surface area contributed by atoms with Crippen LogP contribution in [-0.4, -0.2) is 37.6 Å². The van der Waals surface area contributed by atoms with Gasteiger partial charge >= 0.3 is 0 Å². The molecule has 1 atom stereocenters. The average molecular weight is 348 g/mol. The first-order chi connectivity index (χ1) is 12.7. The Labute approximate surface area is 154 Å². The zero-order chi connectivity index (χ0) is 17.9. The Balaban J connectivity index is 1.54. The molecule has 3 aromatic rings. The summed E-state index contributed by atoms with van der Waals surface area (Å²) in [5, 5.41) is 0. The topological polar surface area (TPSA) is 59.7 Å². The quantitative estimate of drug-likeness (QED) is 0.725. The van der Waals surface area contributed by atoms with Crippen molar-refractivity contribution in [1.82, 2.24) is 24.5 Å². The fraction of sp³-hybridized carbons (Fsp3) is 0.400. The van der Waals surface area contributed by atoms with E-state index in [2.05, 4.69) is 41.7 Å². The number of anilines is 1. The Kier molecular flexibility index (Phi) is 4.65. The van der Waals surface area contributed by atoms with Crippen molar-refractivity contribution in [2.45, 2.75) is 39.2 Å². The molecule has 1 fully saturated rings. The van der Waals surface area contributed by atoms with Gasteiger partial charge in [0.05, 0.1) is 6.54 Å². The van der Waals surface area contributed by atoms with Gasteiger partial charge in [0.2, 0.25) is 5.95 Å². The monoisotopic (exact) mass is 348 g/mol. The summed E-state index contributed by atoms with van der Waals surface area (Å²) in [6.07, 6.45) is 9.96. The molecule has 6 nitrogen and oxygen atoms in total. The molecule has 26 heavy (non-hydrogen) atoms. The Morgan fingerprint density at radius 2 is 2.00 bits per heavy atom. The lowest BCUT2D eigenvalue weighted by atomic mass is 9.97. The van der Waals surface area contributed by atoms with Crippen molar-refractivity contribution in [1.29, 1.82) is 0 Å². The van der Waals surface area contributed by atoms with Crippen LogP contribution in [0.15, 0.2) is 43.0 Å². The zero-order valence-corrected chi connectivity index (χ0v) is 15.3. The molecule has 0 aliphatic carbocycles. The Morgan fingerprint density at radius 3 is 2.77 bits per heavy atom. The van der Waals surface area contributed by atoms with Crippen LogP contribution in [0.2, 0.25) is 0 Å². The summed E-state index contributed by atoms with van der Waals surface area (Å²) < 4.78 is 2.24. The number of hydrogen-bond donors (Lipinski definition) is 0. The minimum absolute atomic E-state index is 0.389.